The average molecular weight is 427 g/mol. The fourth-order valence-corrected chi connectivity index (χ4v) is 9.94. The van der Waals surface area contributed by atoms with Crippen LogP contribution in [0.25, 0.3) is 0 Å². The fraction of sp³-hybridized carbons (Fsp3) is 0.889. The molecule has 9 atom stereocenters. The lowest BCUT2D eigenvalue weighted by molar-refractivity contribution is -0.199. The van der Waals surface area contributed by atoms with Crippen LogP contribution in [-0.4, -0.2) is 36.0 Å². The summed E-state index contributed by atoms with van der Waals surface area (Å²) >= 11 is 0. The topological polar surface area (TPSA) is 55.8 Å². The maximum absolute atomic E-state index is 12.3. The highest BCUT2D eigenvalue weighted by molar-refractivity contribution is 5.83. The van der Waals surface area contributed by atoms with Gasteiger partial charge >= 0.3 is 0 Å². The predicted octanol–water partition coefficient (Wildman–Crippen LogP) is 4.65. The van der Waals surface area contributed by atoms with E-state index in [0.29, 0.717) is 23.5 Å². The van der Waals surface area contributed by atoms with E-state index in [1.165, 1.54) is 19.3 Å². The molecule has 7 aliphatic rings. The second-order valence-corrected chi connectivity index (χ2v) is 12.6. The van der Waals surface area contributed by atoms with Crippen LogP contribution in [0, 0.1) is 46.3 Å². The third kappa shape index (κ3) is 2.45. The smallest absolute Gasteiger partial charge is 0.157 e. The number of Topliss-reactive ketones (excluding diaryl/α,β-unsaturated/α-hetero) is 1. The summed E-state index contributed by atoms with van der Waals surface area (Å²) in [6.07, 6.45) is 9.94. The van der Waals surface area contributed by atoms with Gasteiger partial charge in [0.05, 0.1) is 18.8 Å². The first-order chi connectivity index (χ1) is 14.9. The number of ketones is 1. The van der Waals surface area contributed by atoms with Gasteiger partial charge in [-0.05, 0) is 91.3 Å². The number of hydrogen-bond donors (Lipinski definition) is 1. The van der Waals surface area contributed by atoms with Crippen LogP contribution in [0.3, 0.4) is 0 Å². The minimum absolute atomic E-state index is 0.0302. The van der Waals surface area contributed by atoms with E-state index >= 15 is 0 Å². The molecular weight excluding hydrogens is 388 g/mol. The molecule has 0 aromatic heterocycles. The molecule has 6 fully saturated rings. The van der Waals surface area contributed by atoms with Crippen molar-refractivity contribution < 1.29 is 19.4 Å². The molecule has 5 saturated carbocycles. The highest BCUT2D eigenvalue weighted by atomic mass is 16.7. The maximum atomic E-state index is 12.3. The van der Waals surface area contributed by atoms with E-state index in [1.54, 1.807) is 11.1 Å². The molecule has 7 rings (SSSR count). The van der Waals surface area contributed by atoms with Gasteiger partial charge in [0, 0.05) is 19.3 Å². The van der Waals surface area contributed by atoms with Crippen LogP contribution in [0.4, 0.5) is 0 Å². The zero-order valence-corrected chi connectivity index (χ0v) is 19.2. The van der Waals surface area contributed by atoms with Gasteiger partial charge in [0.25, 0.3) is 0 Å². The molecule has 1 N–H and O–H groups in total. The monoisotopic (exact) mass is 426 g/mol. The Kier molecular flexibility index (Phi) is 3.97. The Morgan fingerprint density at radius 2 is 1.94 bits per heavy atom. The Morgan fingerprint density at radius 3 is 2.74 bits per heavy atom. The molecule has 1 saturated heterocycles. The number of allylic oxidation sites excluding steroid dienone is 2. The molecule has 0 spiro atoms. The standard InChI is InChI=1S/C27H38O4/c1-25-7-4-15(28)12-20(25)16-13-17(16)23-19(25)5-8-26(2)24(23)18-14-21(18)27(26,29)9-6-22-30-10-3-11-31-22/h17-19,21-24,29H,3-14H2,1-2H3/t17-,18+,19?,21-,23?,24?,25+,26-,27-/m0/s1. The zero-order valence-electron chi connectivity index (χ0n) is 19.2. The minimum Gasteiger partial charge on any atom is -0.389 e. The van der Waals surface area contributed by atoms with Gasteiger partial charge in [0.2, 0.25) is 0 Å². The van der Waals surface area contributed by atoms with Crippen molar-refractivity contribution in [1.82, 2.24) is 0 Å². The summed E-state index contributed by atoms with van der Waals surface area (Å²) in [6, 6.07) is 0. The number of aliphatic hydroxyl groups is 1. The van der Waals surface area contributed by atoms with E-state index in [0.717, 1.165) is 75.9 Å². The maximum Gasteiger partial charge on any atom is 0.157 e. The Labute approximate surface area is 186 Å². The van der Waals surface area contributed by atoms with Gasteiger partial charge in [0.1, 0.15) is 5.78 Å². The van der Waals surface area contributed by atoms with Crippen LogP contribution in [-0.2, 0) is 14.3 Å². The van der Waals surface area contributed by atoms with Crippen molar-refractivity contribution in [2.24, 2.45) is 46.3 Å². The second-order valence-electron chi connectivity index (χ2n) is 12.6. The lowest BCUT2D eigenvalue weighted by Gasteiger charge is -2.59. The summed E-state index contributed by atoms with van der Waals surface area (Å²) in [6.45, 7) is 6.52. The summed E-state index contributed by atoms with van der Waals surface area (Å²) in [5.41, 5.74) is 2.95. The van der Waals surface area contributed by atoms with Crippen LogP contribution < -0.4 is 0 Å². The third-order valence-corrected chi connectivity index (χ3v) is 11.5. The van der Waals surface area contributed by atoms with Gasteiger partial charge in [0.15, 0.2) is 6.29 Å². The normalized spacial score (nSPS) is 55.1. The van der Waals surface area contributed by atoms with Gasteiger partial charge < -0.3 is 14.6 Å². The van der Waals surface area contributed by atoms with E-state index in [4.69, 9.17) is 9.47 Å². The van der Waals surface area contributed by atoms with Crippen molar-refractivity contribution in [2.75, 3.05) is 13.2 Å². The molecule has 0 aromatic rings. The molecule has 31 heavy (non-hydrogen) atoms. The van der Waals surface area contributed by atoms with E-state index < -0.39 is 5.60 Å². The number of ether oxygens (including phenoxy) is 2. The minimum atomic E-state index is -0.556. The summed E-state index contributed by atoms with van der Waals surface area (Å²) < 4.78 is 11.6. The first kappa shape index (κ1) is 19.7. The molecule has 170 valence electrons. The molecule has 3 unspecified atom stereocenters. The van der Waals surface area contributed by atoms with Crippen LogP contribution in [0.1, 0.15) is 78.1 Å². The van der Waals surface area contributed by atoms with Crippen molar-refractivity contribution in [1.29, 1.82) is 0 Å². The largest absolute Gasteiger partial charge is 0.389 e. The van der Waals surface area contributed by atoms with Gasteiger partial charge in [-0.25, -0.2) is 0 Å². The van der Waals surface area contributed by atoms with Crippen LogP contribution in [0.15, 0.2) is 11.1 Å². The zero-order chi connectivity index (χ0) is 21.2. The fourth-order valence-electron chi connectivity index (χ4n) is 9.94. The quantitative estimate of drug-likeness (QED) is 0.668. The highest BCUT2D eigenvalue weighted by Gasteiger charge is 2.77. The first-order valence-electron chi connectivity index (χ1n) is 13.1. The molecule has 4 heteroatoms. The number of rotatable bonds is 3. The van der Waals surface area contributed by atoms with Gasteiger partial charge in [-0.2, -0.15) is 0 Å². The Morgan fingerprint density at radius 1 is 1.13 bits per heavy atom. The summed E-state index contributed by atoms with van der Waals surface area (Å²) in [7, 11) is 0. The Bertz CT molecular complexity index is 857. The third-order valence-electron chi connectivity index (χ3n) is 11.5. The molecule has 1 heterocycles. The second kappa shape index (κ2) is 6.24. The van der Waals surface area contributed by atoms with Crippen LogP contribution >= 0.6 is 0 Å². The van der Waals surface area contributed by atoms with Crippen molar-refractivity contribution in [3.05, 3.63) is 11.1 Å². The summed E-state index contributed by atoms with van der Waals surface area (Å²) in [5, 5.41) is 12.2. The van der Waals surface area contributed by atoms with Crippen molar-refractivity contribution >= 4 is 5.78 Å². The van der Waals surface area contributed by atoms with Crippen LogP contribution in [0.2, 0.25) is 0 Å². The summed E-state index contributed by atoms with van der Waals surface area (Å²) in [5.74, 6) is 4.51. The number of hydrogen-bond acceptors (Lipinski definition) is 4. The van der Waals surface area contributed by atoms with E-state index in [-0.39, 0.29) is 17.1 Å². The van der Waals surface area contributed by atoms with Gasteiger partial charge in [-0.1, -0.05) is 25.0 Å². The van der Waals surface area contributed by atoms with E-state index in [1.807, 2.05) is 0 Å². The molecule has 1 aliphatic heterocycles. The Balaban J connectivity index is 1.20. The van der Waals surface area contributed by atoms with Crippen molar-refractivity contribution in [3.63, 3.8) is 0 Å². The lowest BCUT2D eigenvalue weighted by Crippen LogP contribution is -2.57. The molecule has 0 aromatic carbocycles. The van der Waals surface area contributed by atoms with Gasteiger partial charge in [-0.3, -0.25) is 4.79 Å². The molecule has 0 radical (unpaired) electrons. The molecule has 0 amide bonds. The summed E-state index contributed by atoms with van der Waals surface area (Å²) in [4.78, 5) is 12.3. The average Bonchev–Trinajstić information content (AvgIpc) is 3.67. The predicted molar refractivity (Wildman–Crippen MR) is 116 cm³/mol. The van der Waals surface area contributed by atoms with E-state index in [2.05, 4.69) is 13.8 Å². The SMILES string of the molecule is C[C@]12CCC(=O)CC1=C1C[C@@H]1C1C2CC[C@@]2(C)C1[C@@H]1C[C@@H]1[C@@]2(O)CCC1OCCCO1. The van der Waals surface area contributed by atoms with Crippen molar-refractivity contribution in [3.8, 4) is 0 Å². The highest BCUT2D eigenvalue weighted by Crippen LogP contribution is 2.80. The number of carbonyl (C=O) groups is 1. The molecule has 0 bridgehead atoms. The van der Waals surface area contributed by atoms with Gasteiger partial charge in [-0.15, -0.1) is 0 Å². The molecular formula is C27H38O4. The number of fused-ring (bicyclic) bond motifs is 9. The lowest BCUT2D eigenvalue weighted by atomic mass is 9.45. The molecule has 4 nitrogen and oxygen atoms in total. The first-order valence-corrected chi connectivity index (χ1v) is 13.1. The Hall–Kier alpha value is -0.710. The number of carbonyl (C=O) groups excluding carboxylic acids is 1. The van der Waals surface area contributed by atoms with E-state index in [9.17, 15) is 9.90 Å². The van der Waals surface area contributed by atoms with Crippen LogP contribution in [0.5, 0.6) is 0 Å². The van der Waals surface area contributed by atoms with Crippen molar-refractivity contribution in [2.45, 2.75) is 89.9 Å². The molecule has 6 aliphatic carbocycles.